The smallest absolute Gasteiger partial charge is 0.336 e. The molecule has 0 amide bonds. The minimum absolute atomic E-state index is 0.136. The van der Waals surface area contributed by atoms with Crippen LogP contribution in [0.4, 0.5) is 0 Å². The molecule has 0 aromatic carbocycles. The van der Waals surface area contributed by atoms with E-state index in [1.807, 2.05) is 0 Å². The van der Waals surface area contributed by atoms with Crippen molar-refractivity contribution in [2.75, 3.05) is 13.2 Å². The second kappa shape index (κ2) is 15.4. The molecule has 1 saturated carbocycles. The third-order valence-corrected chi connectivity index (χ3v) is 6.31. The maximum Gasteiger partial charge on any atom is 0.336 e. The van der Waals surface area contributed by atoms with Crippen LogP contribution in [0.15, 0.2) is 34.9 Å². The molecule has 0 bridgehead atoms. The van der Waals surface area contributed by atoms with Crippen LogP contribution in [0.25, 0.3) is 0 Å². The fourth-order valence-corrected chi connectivity index (χ4v) is 3.40. The summed E-state index contributed by atoms with van der Waals surface area (Å²) in [5.41, 5.74) is -0.269. The minimum atomic E-state index is -1.96. The zero-order valence-electron chi connectivity index (χ0n) is 22.4. The standard InChI is InChI=1S/C26H38O12/c1-7-13(5)23(31)35-19-17(29)20(36-24(32)14(6)8-2)22(38-26(34)16(10-4)12-28)21(18(19)30)37-25(33)15(9-3)11-27/h7,9-10,14,17-22,27-30H,8,11-12H2,1-6H3/b13-7+,15-9+,16-10+/t14?,17-,18-,19-,20-,21+,22+/m1/s1. The normalized spacial score (nSPS) is 27.3. The number of rotatable bonds is 11. The molecule has 1 aliphatic rings. The van der Waals surface area contributed by atoms with E-state index in [0.717, 1.165) is 0 Å². The summed E-state index contributed by atoms with van der Waals surface area (Å²) >= 11 is 0. The Hall–Kier alpha value is -3.06. The molecule has 0 aliphatic heterocycles. The molecule has 1 unspecified atom stereocenters. The van der Waals surface area contributed by atoms with Crippen LogP contribution in [0, 0.1) is 5.92 Å². The number of aliphatic hydroxyl groups is 4. The fraction of sp³-hybridized carbons (Fsp3) is 0.615. The molecule has 0 radical (unpaired) electrons. The second-order valence-electron chi connectivity index (χ2n) is 8.72. The number of carbonyl (C=O) groups excluding carboxylic acids is 4. The van der Waals surface area contributed by atoms with Crippen LogP contribution in [0.1, 0.15) is 48.0 Å². The van der Waals surface area contributed by atoms with Crippen molar-refractivity contribution in [3.8, 4) is 0 Å². The first-order chi connectivity index (χ1) is 17.9. The van der Waals surface area contributed by atoms with Crippen molar-refractivity contribution in [1.82, 2.24) is 0 Å². The lowest BCUT2D eigenvalue weighted by atomic mass is 9.84. The van der Waals surface area contributed by atoms with Gasteiger partial charge in [0, 0.05) is 5.57 Å². The van der Waals surface area contributed by atoms with Crippen molar-refractivity contribution in [2.24, 2.45) is 5.92 Å². The van der Waals surface area contributed by atoms with E-state index in [0.29, 0.717) is 6.42 Å². The van der Waals surface area contributed by atoms with Gasteiger partial charge in [0.2, 0.25) is 0 Å². The zero-order valence-corrected chi connectivity index (χ0v) is 22.4. The van der Waals surface area contributed by atoms with Crippen LogP contribution in [-0.2, 0) is 38.1 Å². The Bertz CT molecular complexity index is 950. The largest absolute Gasteiger partial charge is 0.455 e. The van der Waals surface area contributed by atoms with Crippen molar-refractivity contribution in [3.05, 3.63) is 34.9 Å². The van der Waals surface area contributed by atoms with Crippen molar-refractivity contribution in [3.63, 3.8) is 0 Å². The highest BCUT2D eigenvalue weighted by molar-refractivity contribution is 5.90. The van der Waals surface area contributed by atoms with Gasteiger partial charge in [0.05, 0.1) is 30.3 Å². The van der Waals surface area contributed by atoms with Crippen molar-refractivity contribution >= 4 is 23.9 Å². The number of hydrogen-bond donors (Lipinski definition) is 4. The van der Waals surface area contributed by atoms with Crippen LogP contribution < -0.4 is 0 Å². The Labute approximate surface area is 221 Å². The number of hydrogen-bond acceptors (Lipinski definition) is 12. The first kappa shape index (κ1) is 33.0. The summed E-state index contributed by atoms with van der Waals surface area (Å²) in [5, 5.41) is 41.2. The van der Waals surface area contributed by atoms with Gasteiger partial charge in [-0.1, -0.05) is 32.1 Å². The van der Waals surface area contributed by atoms with Gasteiger partial charge >= 0.3 is 23.9 Å². The summed E-state index contributed by atoms with van der Waals surface area (Å²) < 4.78 is 21.5. The molecule has 0 aromatic rings. The van der Waals surface area contributed by atoms with E-state index in [1.54, 1.807) is 20.8 Å². The molecule has 0 aromatic heterocycles. The Kier molecular flexibility index (Phi) is 13.3. The molecule has 214 valence electrons. The lowest BCUT2D eigenvalue weighted by Gasteiger charge is -2.45. The maximum atomic E-state index is 12.7. The molecule has 1 fully saturated rings. The second-order valence-corrected chi connectivity index (χ2v) is 8.72. The molecular weight excluding hydrogens is 504 g/mol. The van der Waals surface area contributed by atoms with Crippen LogP contribution in [-0.4, -0.2) is 94.1 Å². The maximum absolute atomic E-state index is 12.7. The molecule has 1 rings (SSSR count). The predicted molar refractivity (Wildman–Crippen MR) is 132 cm³/mol. The lowest BCUT2D eigenvalue weighted by molar-refractivity contribution is -0.251. The van der Waals surface area contributed by atoms with E-state index < -0.39 is 79.6 Å². The van der Waals surface area contributed by atoms with Crippen molar-refractivity contribution < 1.29 is 58.6 Å². The number of ether oxygens (including phenoxy) is 4. The van der Waals surface area contributed by atoms with Crippen LogP contribution in [0.3, 0.4) is 0 Å². The number of esters is 4. The monoisotopic (exact) mass is 542 g/mol. The third kappa shape index (κ3) is 7.97. The van der Waals surface area contributed by atoms with Gasteiger partial charge in [-0.25, -0.2) is 14.4 Å². The summed E-state index contributed by atoms with van der Waals surface area (Å²) in [4.78, 5) is 50.6. The molecule has 7 atom stereocenters. The number of allylic oxidation sites excluding steroid dienone is 3. The summed E-state index contributed by atoms with van der Waals surface area (Å²) in [6.07, 6.45) is -6.72. The first-order valence-corrected chi connectivity index (χ1v) is 12.3. The number of carbonyl (C=O) groups is 4. The molecule has 0 saturated heterocycles. The van der Waals surface area contributed by atoms with Crippen molar-refractivity contribution in [2.45, 2.75) is 84.6 Å². The van der Waals surface area contributed by atoms with Crippen LogP contribution >= 0.6 is 0 Å². The van der Waals surface area contributed by atoms with Gasteiger partial charge in [-0.2, -0.15) is 0 Å². The first-order valence-electron chi connectivity index (χ1n) is 12.3. The topological polar surface area (TPSA) is 186 Å². The highest BCUT2D eigenvalue weighted by Gasteiger charge is 2.57. The Morgan fingerprint density at radius 2 is 1.13 bits per heavy atom. The SMILES string of the molecule is C/C=C(\C)C(=O)O[C@@H]1[C@@H](O)[C@@H](OC(=O)C(C)CC)[C@H](OC(=O)/C(=C/C)CO)[C@@H](OC(=O)/C(=C/C)CO)[C@@H]1O. The minimum Gasteiger partial charge on any atom is -0.455 e. The summed E-state index contributed by atoms with van der Waals surface area (Å²) in [6, 6.07) is 0. The average Bonchev–Trinajstić information content (AvgIpc) is 2.90. The van der Waals surface area contributed by atoms with Gasteiger partial charge < -0.3 is 39.4 Å². The Balaban J connectivity index is 3.66. The van der Waals surface area contributed by atoms with Gasteiger partial charge in [-0.3, -0.25) is 4.79 Å². The van der Waals surface area contributed by atoms with E-state index in [2.05, 4.69) is 0 Å². The van der Waals surface area contributed by atoms with Crippen molar-refractivity contribution in [1.29, 1.82) is 0 Å². The van der Waals surface area contributed by atoms with Gasteiger partial charge in [0.25, 0.3) is 0 Å². The predicted octanol–water partition coefficient (Wildman–Crippen LogP) is 0.259. The summed E-state index contributed by atoms with van der Waals surface area (Å²) in [6.45, 7) is 7.73. The van der Waals surface area contributed by atoms with Gasteiger partial charge in [0.1, 0.15) is 12.2 Å². The van der Waals surface area contributed by atoms with Gasteiger partial charge in [0.15, 0.2) is 24.4 Å². The quantitative estimate of drug-likeness (QED) is 0.159. The molecule has 12 heteroatoms. The van der Waals surface area contributed by atoms with Crippen LogP contribution in [0.5, 0.6) is 0 Å². The number of aliphatic hydroxyl groups excluding tert-OH is 4. The Morgan fingerprint density at radius 1 is 0.711 bits per heavy atom. The summed E-state index contributed by atoms with van der Waals surface area (Å²) in [7, 11) is 0. The van der Waals surface area contributed by atoms with E-state index in [9.17, 15) is 39.6 Å². The van der Waals surface area contributed by atoms with Gasteiger partial charge in [-0.15, -0.1) is 0 Å². The molecular formula is C26H38O12. The van der Waals surface area contributed by atoms with Crippen LogP contribution in [0.2, 0.25) is 0 Å². The fourth-order valence-electron chi connectivity index (χ4n) is 3.40. The van der Waals surface area contributed by atoms with E-state index in [-0.39, 0.29) is 16.7 Å². The zero-order chi connectivity index (χ0) is 29.2. The molecule has 4 N–H and O–H groups in total. The molecule has 1 aliphatic carbocycles. The molecule has 0 spiro atoms. The molecule has 12 nitrogen and oxygen atoms in total. The van der Waals surface area contributed by atoms with E-state index in [1.165, 1.54) is 39.0 Å². The van der Waals surface area contributed by atoms with Gasteiger partial charge in [-0.05, 0) is 34.1 Å². The third-order valence-electron chi connectivity index (χ3n) is 6.31. The highest BCUT2D eigenvalue weighted by atomic mass is 16.6. The Morgan fingerprint density at radius 3 is 1.53 bits per heavy atom. The average molecular weight is 543 g/mol. The highest BCUT2D eigenvalue weighted by Crippen LogP contribution is 2.32. The van der Waals surface area contributed by atoms with E-state index in [4.69, 9.17) is 18.9 Å². The summed E-state index contributed by atoms with van der Waals surface area (Å²) in [5.74, 6) is -4.56. The molecule has 38 heavy (non-hydrogen) atoms. The lowest BCUT2D eigenvalue weighted by Crippen LogP contribution is -2.67. The molecule has 0 heterocycles. The van der Waals surface area contributed by atoms with E-state index >= 15 is 0 Å².